The third-order valence-electron chi connectivity index (χ3n) is 3.16. The van der Waals surface area contributed by atoms with Gasteiger partial charge in [-0.2, -0.15) is 0 Å². The van der Waals surface area contributed by atoms with Gasteiger partial charge in [0.2, 0.25) is 0 Å². The zero-order chi connectivity index (χ0) is 14.7. The van der Waals surface area contributed by atoms with Crippen LogP contribution in [-0.4, -0.2) is 0 Å². The summed E-state index contributed by atoms with van der Waals surface area (Å²) in [5.74, 6) is -0.187. The third kappa shape index (κ3) is 3.43. The van der Waals surface area contributed by atoms with Crippen LogP contribution >= 0.6 is 22.9 Å². The Labute approximate surface area is 132 Å². The maximum absolute atomic E-state index is 13.9. The monoisotopic (exact) mass is 317 g/mol. The topological polar surface area (TPSA) is 12.0 Å². The molecule has 0 amide bonds. The molecule has 1 N–H and O–H groups in total. The summed E-state index contributed by atoms with van der Waals surface area (Å²) in [6.45, 7) is 0.639. The Balaban J connectivity index is 1.77. The first-order chi connectivity index (χ1) is 10.2. The largest absolute Gasteiger partial charge is 0.381 e. The highest BCUT2D eigenvalue weighted by molar-refractivity contribution is 7.13. The van der Waals surface area contributed by atoms with Gasteiger partial charge in [0.25, 0.3) is 0 Å². The molecule has 0 bridgehead atoms. The smallest absolute Gasteiger partial charge is 0.131 e. The molecule has 0 unspecified atom stereocenters. The SMILES string of the molecule is Fc1ccc(CNc2ccc(Cl)cc2)cc1-c1cccs1. The minimum atomic E-state index is -0.187. The minimum absolute atomic E-state index is 0.187. The van der Waals surface area contributed by atoms with Crippen LogP contribution in [0.4, 0.5) is 10.1 Å². The van der Waals surface area contributed by atoms with Crippen molar-refractivity contribution in [1.82, 2.24) is 0 Å². The highest BCUT2D eigenvalue weighted by Gasteiger charge is 2.07. The fourth-order valence-electron chi connectivity index (χ4n) is 2.07. The molecule has 1 heterocycles. The van der Waals surface area contributed by atoms with Gasteiger partial charge in [-0.05, 0) is 53.4 Å². The number of benzene rings is 2. The van der Waals surface area contributed by atoms with Crippen molar-refractivity contribution in [2.24, 2.45) is 0 Å². The van der Waals surface area contributed by atoms with Crippen LogP contribution in [0.25, 0.3) is 10.4 Å². The van der Waals surface area contributed by atoms with Gasteiger partial charge in [-0.25, -0.2) is 4.39 Å². The first-order valence-corrected chi connectivity index (χ1v) is 7.80. The van der Waals surface area contributed by atoms with Crippen LogP contribution in [-0.2, 0) is 6.54 Å². The number of nitrogens with one attached hydrogen (secondary N) is 1. The van der Waals surface area contributed by atoms with Crippen LogP contribution in [0.15, 0.2) is 60.0 Å². The van der Waals surface area contributed by atoms with E-state index in [-0.39, 0.29) is 5.82 Å². The number of hydrogen-bond donors (Lipinski definition) is 1. The zero-order valence-electron chi connectivity index (χ0n) is 11.1. The van der Waals surface area contributed by atoms with Gasteiger partial charge in [0.1, 0.15) is 5.82 Å². The first kappa shape index (κ1) is 14.1. The summed E-state index contributed by atoms with van der Waals surface area (Å²) in [6.07, 6.45) is 0. The average molecular weight is 318 g/mol. The maximum atomic E-state index is 13.9. The normalized spacial score (nSPS) is 10.6. The molecule has 0 saturated heterocycles. The summed E-state index contributed by atoms with van der Waals surface area (Å²) < 4.78 is 13.9. The summed E-state index contributed by atoms with van der Waals surface area (Å²) in [6, 6.07) is 16.6. The third-order valence-corrected chi connectivity index (χ3v) is 4.31. The Bertz CT molecular complexity index is 723. The minimum Gasteiger partial charge on any atom is -0.381 e. The summed E-state index contributed by atoms with van der Waals surface area (Å²) in [7, 11) is 0. The molecular weight excluding hydrogens is 305 g/mol. The Morgan fingerprint density at radius 1 is 1.05 bits per heavy atom. The van der Waals surface area contributed by atoms with Gasteiger partial charge in [-0.15, -0.1) is 11.3 Å². The van der Waals surface area contributed by atoms with E-state index in [0.29, 0.717) is 17.1 Å². The second-order valence-corrected chi connectivity index (χ2v) is 6.04. The molecule has 0 aliphatic carbocycles. The Kier molecular flexibility index (Phi) is 4.23. The fourth-order valence-corrected chi connectivity index (χ4v) is 2.95. The molecule has 3 aromatic rings. The van der Waals surface area contributed by atoms with Gasteiger partial charge in [-0.1, -0.05) is 23.7 Å². The lowest BCUT2D eigenvalue weighted by molar-refractivity contribution is 0.631. The van der Waals surface area contributed by atoms with Crippen molar-refractivity contribution in [3.8, 4) is 10.4 Å². The van der Waals surface area contributed by atoms with E-state index in [4.69, 9.17) is 11.6 Å². The number of anilines is 1. The molecule has 21 heavy (non-hydrogen) atoms. The molecule has 1 aromatic heterocycles. The molecule has 2 aromatic carbocycles. The quantitative estimate of drug-likeness (QED) is 0.639. The number of rotatable bonds is 4. The van der Waals surface area contributed by atoms with E-state index in [2.05, 4.69) is 5.32 Å². The van der Waals surface area contributed by atoms with Gasteiger partial charge in [0, 0.05) is 27.7 Å². The van der Waals surface area contributed by atoms with Crippen LogP contribution < -0.4 is 5.32 Å². The van der Waals surface area contributed by atoms with Gasteiger partial charge in [0.05, 0.1) is 0 Å². The molecule has 106 valence electrons. The van der Waals surface area contributed by atoms with Crippen LogP contribution in [0.3, 0.4) is 0 Å². The number of hydrogen-bond acceptors (Lipinski definition) is 2. The van der Waals surface area contributed by atoms with E-state index in [9.17, 15) is 4.39 Å². The van der Waals surface area contributed by atoms with E-state index in [1.165, 1.54) is 17.4 Å². The number of halogens is 2. The van der Waals surface area contributed by atoms with Gasteiger partial charge in [-0.3, -0.25) is 0 Å². The first-order valence-electron chi connectivity index (χ1n) is 6.54. The van der Waals surface area contributed by atoms with Crippen LogP contribution in [0.5, 0.6) is 0 Å². The second kappa shape index (κ2) is 6.29. The molecule has 0 atom stereocenters. The summed E-state index contributed by atoms with van der Waals surface area (Å²) in [5.41, 5.74) is 2.68. The Morgan fingerprint density at radius 2 is 1.86 bits per heavy atom. The maximum Gasteiger partial charge on any atom is 0.131 e. The lowest BCUT2D eigenvalue weighted by Gasteiger charge is -2.08. The molecule has 0 aliphatic rings. The van der Waals surface area contributed by atoms with Crippen LogP contribution in [0.2, 0.25) is 5.02 Å². The van der Waals surface area contributed by atoms with E-state index >= 15 is 0 Å². The molecular formula is C17H13ClFNS. The second-order valence-electron chi connectivity index (χ2n) is 4.65. The van der Waals surface area contributed by atoms with Gasteiger partial charge >= 0.3 is 0 Å². The van der Waals surface area contributed by atoms with Crippen LogP contribution in [0.1, 0.15) is 5.56 Å². The molecule has 4 heteroatoms. The number of thiophene rings is 1. The van der Waals surface area contributed by atoms with Crippen molar-refractivity contribution >= 4 is 28.6 Å². The van der Waals surface area contributed by atoms with E-state index in [0.717, 1.165) is 16.1 Å². The molecule has 0 spiro atoms. The summed E-state index contributed by atoms with van der Waals surface area (Å²) >= 11 is 7.40. The van der Waals surface area contributed by atoms with Gasteiger partial charge < -0.3 is 5.32 Å². The van der Waals surface area contributed by atoms with Crippen LogP contribution in [0, 0.1) is 5.82 Å². The highest BCUT2D eigenvalue weighted by Crippen LogP contribution is 2.28. The zero-order valence-corrected chi connectivity index (χ0v) is 12.7. The highest BCUT2D eigenvalue weighted by atomic mass is 35.5. The van der Waals surface area contributed by atoms with Crippen molar-refractivity contribution in [3.05, 3.63) is 76.4 Å². The van der Waals surface area contributed by atoms with E-state index < -0.39 is 0 Å². The lowest BCUT2D eigenvalue weighted by Crippen LogP contribution is -1.99. The molecule has 1 nitrogen and oxygen atoms in total. The van der Waals surface area contributed by atoms with Crippen molar-refractivity contribution < 1.29 is 4.39 Å². The Hall–Kier alpha value is -1.84. The van der Waals surface area contributed by atoms with E-state index in [1.807, 2.05) is 47.8 Å². The Morgan fingerprint density at radius 3 is 2.57 bits per heavy atom. The predicted molar refractivity (Wildman–Crippen MR) is 88.5 cm³/mol. The fraction of sp³-hybridized carbons (Fsp3) is 0.0588. The summed E-state index contributed by atoms with van der Waals surface area (Å²) in [5, 5.41) is 5.96. The lowest BCUT2D eigenvalue weighted by atomic mass is 10.1. The van der Waals surface area contributed by atoms with Crippen molar-refractivity contribution in [3.63, 3.8) is 0 Å². The van der Waals surface area contributed by atoms with E-state index in [1.54, 1.807) is 6.07 Å². The van der Waals surface area contributed by atoms with Crippen molar-refractivity contribution in [2.75, 3.05) is 5.32 Å². The predicted octanol–water partition coefficient (Wildman–Crippen LogP) is 5.82. The standard InChI is InChI=1S/C17H13ClFNS/c18-13-4-6-14(7-5-13)20-11-12-3-8-16(19)15(10-12)17-2-1-9-21-17/h1-10,20H,11H2. The molecule has 0 fully saturated rings. The molecule has 3 rings (SSSR count). The van der Waals surface area contributed by atoms with Gasteiger partial charge in [0.15, 0.2) is 0 Å². The average Bonchev–Trinajstić information content (AvgIpc) is 3.02. The van der Waals surface area contributed by atoms with Crippen molar-refractivity contribution in [2.45, 2.75) is 6.54 Å². The molecule has 0 radical (unpaired) electrons. The molecule has 0 saturated carbocycles. The summed E-state index contributed by atoms with van der Waals surface area (Å²) in [4.78, 5) is 0.945. The van der Waals surface area contributed by atoms with Crippen molar-refractivity contribution in [1.29, 1.82) is 0 Å². The molecule has 0 aliphatic heterocycles.